The Morgan fingerprint density at radius 3 is 2.32 bits per heavy atom. The van der Waals surface area contributed by atoms with E-state index in [2.05, 4.69) is 0 Å². The lowest BCUT2D eigenvalue weighted by Gasteiger charge is -2.43. The molecule has 4 aliphatic carbocycles. The molecule has 0 saturated carbocycles. The molecule has 0 unspecified atom stereocenters. The Balaban J connectivity index is 2.15. The Bertz CT molecular complexity index is 802. The van der Waals surface area contributed by atoms with E-state index in [4.69, 9.17) is 4.74 Å². The first-order valence-electron chi connectivity index (χ1n) is 7.13. The number of phenolic OH excluding ortho intramolecular Hbond substituents is 2. The molecule has 0 heterocycles. The van der Waals surface area contributed by atoms with E-state index in [0.717, 1.165) is 18.6 Å². The van der Waals surface area contributed by atoms with Crippen molar-refractivity contribution in [2.45, 2.75) is 24.4 Å². The molecule has 0 amide bonds. The summed E-state index contributed by atoms with van der Waals surface area (Å²) >= 11 is 0. The van der Waals surface area contributed by atoms with Gasteiger partial charge in [-0.15, -0.1) is 0 Å². The monoisotopic (exact) mass is 298 g/mol. The maximum absolute atomic E-state index is 12.1. The average molecular weight is 298 g/mol. The van der Waals surface area contributed by atoms with E-state index >= 15 is 0 Å². The summed E-state index contributed by atoms with van der Waals surface area (Å²) in [4.78, 5) is 24.2. The number of hydrogen-bond donors (Lipinski definition) is 2. The normalized spacial score (nSPS) is 28.0. The third kappa shape index (κ3) is 1.37. The zero-order valence-corrected chi connectivity index (χ0v) is 11.9. The lowest BCUT2D eigenvalue weighted by atomic mass is 9.66. The molecule has 0 spiro atoms. The summed E-state index contributed by atoms with van der Waals surface area (Å²) in [6.45, 7) is 0. The van der Waals surface area contributed by atoms with Gasteiger partial charge in [-0.3, -0.25) is 9.59 Å². The minimum absolute atomic E-state index is 0.0861. The van der Waals surface area contributed by atoms with Crippen molar-refractivity contribution in [1.29, 1.82) is 0 Å². The van der Waals surface area contributed by atoms with Gasteiger partial charge in [0.15, 0.2) is 11.6 Å². The van der Waals surface area contributed by atoms with Crippen LogP contribution in [0, 0.1) is 0 Å². The number of fused-ring (bicyclic) bond motifs is 2. The van der Waals surface area contributed by atoms with Crippen molar-refractivity contribution in [3.63, 3.8) is 0 Å². The van der Waals surface area contributed by atoms with Crippen LogP contribution in [0.3, 0.4) is 0 Å². The predicted octanol–water partition coefficient (Wildman–Crippen LogP) is 2.32. The third-order valence-corrected chi connectivity index (χ3v) is 4.95. The number of ether oxygens (including phenoxy) is 1. The Morgan fingerprint density at radius 1 is 1.14 bits per heavy atom. The highest BCUT2D eigenvalue weighted by molar-refractivity contribution is 6.24. The van der Waals surface area contributed by atoms with Crippen LogP contribution in [0.25, 0.3) is 0 Å². The van der Waals surface area contributed by atoms with Gasteiger partial charge in [-0.25, -0.2) is 0 Å². The van der Waals surface area contributed by atoms with Crippen LogP contribution in [0.2, 0.25) is 0 Å². The molecule has 5 rings (SSSR count). The Labute approximate surface area is 126 Å². The van der Waals surface area contributed by atoms with Crippen molar-refractivity contribution in [2.24, 2.45) is 0 Å². The van der Waals surface area contributed by atoms with E-state index < -0.39 is 17.2 Å². The number of rotatable bonds is 1. The van der Waals surface area contributed by atoms with Crippen LogP contribution in [-0.4, -0.2) is 28.9 Å². The SMILES string of the molecule is CO[C@@]12C=C[C@@H](CC1)c1c(O)c3c(c(O)c12)C(=O)C=CC3=O. The van der Waals surface area contributed by atoms with E-state index in [-0.39, 0.29) is 28.5 Å². The fourth-order valence-corrected chi connectivity index (χ4v) is 3.87. The van der Waals surface area contributed by atoms with Crippen LogP contribution >= 0.6 is 0 Å². The van der Waals surface area contributed by atoms with Crippen LogP contribution in [0.5, 0.6) is 11.5 Å². The summed E-state index contributed by atoms with van der Waals surface area (Å²) in [5.74, 6) is -1.50. The van der Waals surface area contributed by atoms with Gasteiger partial charge in [0.2, 0.25) is 0 Å². The van der Waals surface area contributed by atoms with E-state index in [1.54, 1.807) is 0 Å². The first kappa shape index (κ1) is 13.3. The van der Waals surface area contributed by atoms with Gasteiger partial charge in [0, 0.05) is 24.2 Å². The molecule has 2 N–H and O–H groups in total. The lowest BCUT2D eigenvalue weighted by Crippen LogP contribution is -2.37. The van der Waals surface area contributed by atoms with Gasteiger partial charge in [-0.2, -0.15) is 0 Å². The minimum Gasteiger partial charge on any atom is -0.507 e. The van der Waals surface area contributed by atoms with Crippen LogP contribution in [0.1, 0.15) is 50.6 Å². The van der Waals surface area contributed by atoms with Crippen LogP contribution in [0.4, 0.5) is 0 Å². The summed E-state index contributed by atoms with van der Waals surface area (Å²) in [5.41, 5.74) is -0.160. The summed E-state index contributed by atoms with van der Waals surface area (Å²) in [6.07, 6.45) is 7.43. The molecule has 0 radical (unpaired) electrons. The predicted molar refractivity (Wildman–Crippen MR) is 77.4 cm³/mol. The smallest absolute Gasteiger partial charge is 0.190 e. The van der Waals surface area contributed by atoms with Gasteiger partial charge in [0.1, 0.15) is 17.1 Å². The highest BCUT2D eigenvalue weighted by Crippen LogP contribution is 2.57. The quantitative estimate of drug-likeness (QED) is 0.614. The lowest BCUT2D eigenvalue weighted by molar-refractivity contribution is 0.00415. The fourth-order valence-electron chi connectivity index (χ4n) is 3.87. The summed E-state index contributed by atoms with van der Waals surface area (Å²) in [5, 5.41) is 21.3. The van der Waals surface area contributed by atoms with Crippen molar-refractivity contribution in [3.05, 3.63) is 46.6 Å². The van der Waals surface area contributed by atoms with E-state index in [1.165, 1.54) is 7.11 Å². The standard InChI is InChI=1S/C17H14O5/c1-22-17-6-4-8(5-7-17)11-14(17)16(21)13-10(19)3-2-9(18)12(13)15(11)20/h2-4,6,8,20-21H,5,7H2,1H3/t8-,17-/m0/s1. The molecule has 5 heteroatoms. The molecular formula is C17H14O5. The van der Waals surface area contributed by atoms with E-state index in [1.807, 2.05) is 12.2 Å². The zero-order valence-electron chi connectivity index (χ0n) is 11.9. The highest BCUT2D eigenvalue weighted by atomic mass is 16.5. The average Bonchev–Trinajstić information content (AvgIpc) is 2.55. The number of allylic oxidation sites excluding steroid dienone is 3. The van der Waals surface area contributed by atoms with Crippen LogP contribution in [-0.2, 0) is 10.3 Å². The Hall–Kier alpha value is -2.40. The largest absolute Gasteiger partial charge is 0.507 e. The molecule has 112 valence electrons. The molecule has 0 aliphatic heterocycles. The molecule has 1 aromatic carbocycles. The molecule has 0 saturated heterocycles. The first-order chi connectivity index (χ1) is 10.5. The number of hydrogen-bond acceptors (Lipinski definition) is 5. The number of aromatic hydroxyl groups is 2. The van der Waals surface area contributed by atoms with Crippen molar-refractivity contribution < 1.29 is 24.5 Å². The van der Waals surface area contributed by atoms with Crippen molar-refractivity contribution >= 4 is 11.6 Å². The second-order valence-corrected chi connectivity index (χ2v) is 5.90. The maximum atomic E-state index is 12.1. The Kier molecular flexibility index (Phi) is 2.46. The van der Waals surface area contributed by atoms with Gasteiger partial charge in [0.05, 0.1) is 11.1 Å². The third-order valence-electron chi connectivity index (χ3n) is 4.95. The van der Waals surface area contributed by atoms with Crippen molar-refractivity contribution in [3.8, 4) is 11.5 Å². The fraction of sp³-hybridized carbons (Fsp3) is 0.294. The summed E-state index contributed by atoms with van der Waals surface area (Å²) in [7, 11) is 1.53. The molecule has 2 atom stereocenters. The van der Waals surface area contributed by atoms with Gasteiger partial charge in [-0.1, -0.05) is 12.2 Å². The van der Waals surface area contributed by atoms with E-state index in [9.17, 15) is 19.8 Å². The highest BCUT2D eigenvalue weighted by Gasteiger charge is 2.48. The topological polar surface area (TPSA) is 83.8 Å². The number of methoxy groups -OCH3 is 1. The van der Waals surface area contributed by atoms with E-state index in [0.29, 0.717) is 17.5 Å². The molecule has 0 aromatic heterocycles. The van der Waals surface area contributed by atoms with Crippen LogP contribution in [0.15, 0.2) is 24.3 Å². The number of carbonyl (C=O) groups is 2. The number of benzene rings is 1. The molecule has 0 fully saturated rings. The van der Waals surface area contributed by atoms with Gasteiger partial charge >= 0.3 is 0 Å². The Morgan fingerprint density at radius 2 is 1.77 bits per heavy atom. The van der Waals surface area contributed by atoms with Gasteiger partial charge in [-0.05, 0) is 25.0 Å². The number of carbonyl (C=O) groups excluding carboxylic acids is 2. The second kappa shape index (κ2) is 4.08. The van der Waals surface area contributed by atoms with Crippen molar-refractivity contribution in [1.82, 2.24) is 0 Å². The molecule has 22 heavy (non-hydrogen) atoms. The summed E-state index contributed by atoms with van der Waals surface area (Å²) < 4.78 is 5.61. The molecule has 5 nitrogen and oxygen atoms in total. The van der Waals surface area contributed by atoms with Gasteiger partial charge < -0.3 is 14.9 Å². The number of phenols is 2. The maximum Gasteiger partial charge on any atom is 0.190 e. The molecular weight excluding hydrogens is 284 g/mol. The van der Waals surface area contributed by atoms with Crippen molar-refractivity contribution in [2.75, 3.05) is 7.11 Å². The van der Waals surface area contributed by atoms with Crippen LogP contribution < -0.4 is 0 Å². The van der Waals surface area contributed by atoms with Gasteiger partial charge in [0.25, 0.3) is 0 Å². The first-order valence-corrected chi connectivity index (χ1v) is 7.13. The minimum atomic E-state index is -0.856. The summed E-state index contributed by atoms with van der Waals surface area (Å²) in [6, 6.07) is 0. The molecule has 1 aromatic rings. The zero-order chi connectivity index (χ0) is 15.6. The molecule has 4 aliphatic rings. The molecule has 2 bridgehead atoms. The second-order valence-electron chi connectivity index (χ2n) is 5.90. The number of ketones is 2.